The first kappa shape index (κ1) is 14.7. The van der Waals surface area contributed by atoms with Gasteiger partial charge in [-0.15, -0.1) is 0 Å². The summed E-state index contributed by atoms with van der Waals surface area (Å²) in [6.45, 7) is 5.64. The second-order valence-electron chi connectivity index (χ2n) is 4.68. The fourth-order valence-corrected chi connectivity index (χ4v) is 1.91. The highest BCUT2D eigenvalue weighted by molar-refractivity contribution is 5.91. The molecule has 0 saturated carbocycles. The Hall–Kier alpha value is -2.75. The van der Waals surface area contributed by atoms with Gasteiger partial charge in [-0.3, -0.25) is 0 Å². The molecule has 0 heterocycles. The van der Waals surface area contributed by atoms with E-state index in [2.05, 4.69) is 6.58 Å². The lowest BCUT2D eigenvalue weighted by molar-refractivity contribution is 0.0693. The Morgan fingerprint density at radius 1 is 1.29 bits per heavy atom. The Kier molecular flexibility index (Phi) is 4.28. The second kappa shape index (κ2) is 6.13. The first-order valence-electron chi connectivity index (χ1n) is 6.42. The van der Waals surface area contributed by atoms with Gasteiger partial charge in [0.05, 0.1) is 0 Å². The molecule has 0 saturated heterocycles. The molecule has 0 spiro atoms. The average molecular weight is 284 g/mol. The summed E-state index contributed by atoms with van der Waals surface area (Å²) in [5.41, 5.74) is 2.29. The number of aromatic hydroxyl groups is 1. The minimum absolute atomic E-state index is 0.160. The van der Waals surface area contributed by atoms with E-state index in [0.29, 0.717) is 17.9 Å². The van der Waals surface area contributed by atoms with Crippen molar-refractivity contribution in [2.24, 2.45) is 0 Å². The number of hydrogen-bond acceptors (Lipinski definition) is 3. The molecular weight excluding hydrogens is 268 g/mol. The molecule has 0 radical (unpaired) electrons. The van der Waals surface area contributed by atoms with Crippen molar-refractivity contribution in [2.45, 2.75) is 13.5 Å². The lowest BCUT2D eigenvalue weighted by Crippen LogP contribution is -2.01. The molecule has 0 aromatic heterocycles. The molecule has 0 bridgehead atoms. The van der Waals surface area contributed by atoms with E-state index in [4.69, 9.17) is 9.84 Å². The van der Waals surface area contributed by atoms with Gasteiger partial charge in [-0.1, -0.05) is 36.9 Å². The van der Waals surface area contributed by atoms with Gasteiger partial charge in [0.1, 0.15) is 23.7 Å². The Morgan fingerprint density at radius 3 is 2.52 bits per heavy atom. The first-order chi connectivity index (χ1) is 10.0. The van der Waals surface area contributed by atoms with E-state index in [9.17, 15) is 9.90 Å². The van der Waals surface area contributed by atoms with Gasteiger partial charge in [0.25, 0.3) is 0 Å². The standard InChI is InChI=1S/C17H16O4/c1-3-12-4-6-13(7-5-12)10-21-14-8-11(2)16(18)15(9-14)17(19)20/h3-9,18H,1,10H2,2H3,(H,19,20). The molecule has 21 heavy (non-hydrogen) atoms. The summed E-state index contributed by atoms with van der Waals surface area (Å²) >= 11 is 0. The third-order valence-corrected chi connectivity index (χ3v) is 3.13. The topological polar surface area (TPSA) is 66.8 Å². The maximum atomic E-state index is 11.0. The highest BCUT2D eigenvalue weighted by Crippen LogP contribution is 2.28. The number of carbonyl (C=O) groups is 1. The number of carboxylic acids is 1. The molecule has 0 aliphatic rings. The zero-order chi connectivity index (χ0) is 15.4. The van der Waals surface area contributed by atoms with E-state index in [1.807, 2.05) is 24.3 Å². The second-order valence-corrected chi connectivity index (χ2v) is 4.68. The minimum atomic E-state index is -1.18. The van der Waals surface area contributed by atoms with Crippen LogP contribution in [0.15, 0.2) is 43.0 Å². The number of carboxylic acid groups (broad SMARTS) is 1. The van der Waals surface area contributed by atoms with Gasteiger partial charge in [-0.05, 0) is 35.7 Å². The molecule has 2 N–H and O–H groups in total. The van der Waals surface area contributed by atoms with Crippen molar-refractivity contribution in [3.8, 4) is 11.5 Å². The number of aromatic carboxylic acids is 1. The van der Waals surface area contributed by atoms with E-state index in [1.165, 1.54) is 6.07 Å². The van der Waals surface area contributed by atoms with Gasteiger partial charge in [0.2, 0.25) is 0 Å². The molecule has 4 nitrogen and oxygen atoms in total. The molecule has 0 amide bonds. The minimum Gasteiger partial charge on any atom is -0.507 e. The molecule has 0 unspecified atom stereocenters. The summed E-state index contributed by atoms with van der Waals surface area (Å²) < 4.78 is 5.59. The highest BCUT2D eigenvalue weighted by Gasteiger charge is 2.14. The van der Waals surface area contributed by atoms with Crippen molar-refractivity contribution in [1.82, 2.24) is 0 Å². The van der Waals surface area contributed by atoms with Crippen LogP contribution in [0.1, 0.15) is 27.0 Å². The lowest BCUT2D eigenvalue weighted by atomic mass is 10.1. The lowest BCUT2D eigenvalue weighted by Gasteiger charge is -2.10. The monoisotopic (exact) mass is 284 g/mol. The molecular formula is C17H16O4. The summed E-state index contributed by atoms with van der Waals surface area (Å²) in [5, 5.41) is 18.7. The molecule has 4 heteroatoms. The SMILES string of the molecule is C=Cc1ccc(COc2cc(C)c(O)c(C(=O)O)c2)cc1. The smallest absolute Gasteiger partial charge is 0.339 e. The van der Waals surface area contributed by atoms with Crippen LogP contribution in [0.5, 0.6) is 11.5 Å². The zero-order valence-corrected chi connectivity index (χ0v) is 11.7. The summed E-state index contributed by atoms with van der Waals surface area (Å²) in [7, 11) is 0. The van der Waals surface area contributed by atoms with Crippen LogP contribution in [0.25, 0.3) is 6.08 Å². The molecule has 2 aromatic rings. The molecule has 0 atom stereocenters. The Bertz CT molecular complexity index is 672. The zero-order valence-electron chi connectivity index (χ0n) is 11.7. The van der Waals surface area contributed by atoms with Gasteiger partial charge in [0.15, 0.2) is 0 Å². The van der Waals surface area contributed by atoms with Gasteiger partial charge < -0.3 is 14.9 Å². The van der Waals surface area contributed by atoms with Crippen molar-refractivity contribution < 1.29 is 19.7 Å². The van der Waals surface area contributed by atoms with Crippen molar-refractivity contribution in [3.05, 3.63) is 65.2 Å². The third kappa shape index (κ3) is 3.42. The summed E-state index contributed by atoms with van der Waals surface area (Å²) in [6, 6.07) is 10.6. The maximum Gasteiger partial charge on any atom is 0.339 e. The quantitative estimate of drug-likeness (QED) is 0.880. The molecule has 2 aromatic carbocycles. The fourth-order valence-electron chi connectivity index (χ4n) is 1.91. The van der Waals surface area contributed by atoms with Crippen molar-refractivity contribution in [1.29, 1.82) is 0 Å². The van der Waals surface area contributed by atoms with Crippen LogP contribution in [-0.4, -0.2) is 16.2 Å². The van der Waals surface area contributed by atoms with Crippen molar-refractivity contribution in [2.75, 3.05) is 0 Å². The van der Waals surface area contributed by atoms with Crippen LogP contribution >= 0.6 is 0 Å². The average Bonchev–Trinajstić information content (AvgIpc) is 2.48. The fraction of sp³-hybridized carbons (Fsp3) is 0.118. The van der Waals surface area contributed by atoms with Gasteiger partial charge >= 0.3 is 5.97 Å². The molecule has 0 fully saturated rings. The Morgan fingerprint density at radius 2 is 1.95 bits per heavy atom. The van der Waals surface area contributed by atoms with E-state index in [0.717, 1.165) is 11.1 Å². The Labute approximate surface area is 122 Å². The number of benzene rings is 2. The predicted molar refractivity (Wildman–Crippen MR) is 80.7 cm³/mol. The third-order valence-electron chi connectivity index (χ3n) is 3.13. The van der Waals surface area contributed by atoms with E-state index >= 15 is 0 Å². The summed E-state index contributed by atoms with van der Waals surface area (Å²) in [4.78, 5) is 11.0. The van der Waals surface area contributed by atoms with E-state index < -0.39 is 5.97 Å². The van der Waals surface area contributed by atoms with Crippen molar-refractivity contribution in [3.63, 3.8) is 0 Å². The molecule has 0 aliphatic carbocycles. The van der Waals surface area contributed by atoms with Crippen molar-refractivity contribution >= 4 is 12.0 Å². The molecule has 108 valence electrons. The largest absolute Gasteiger partial charge is 0.507 e. The Balaban J connectivity index is 2.15. The summed E-state index contributed by atoms with van der Waals surface area (Å²) in [5.74, 6) is -1.00. The first-order valence-corrected chi connectivity index (χ1v) is 6.42. The predicted octanol–water partition coefficient (Wildman–Crippen LogP) is 3.62. The highest BCUT2D eigenvalue weighted by atomic mass is 16.5. The number of aryl methyl sites for hydroxylation is 1. The number of ether oxygens (including phenoxy) is 1. The van der Waals surface area contributed by atoms with Gasteiger partial charge in [0, 0.05) is 0 Å². The van der Waals surface area contributed by atoms with Crippen LogP contribution in [0, 0.1) is 6.92 Å². The van der Waals surface area contributed by atoms with Crippen LogP contribution in [0.2, 0.25) is 0 Å². The normalized spacial score (nSPS) is 10.1. The number of phenols is 1. The van der Waals surface area contributed by atoms with E-state index in [-0.39, 0.29) is 11.3 Å². The maximum absolute atomic E-state index is 11.0. The van der Waals surface area contributed by atoms with Crippen LogP contribution in [-0.2, 0) is 6.61 Å². The number of rotatable bonds is 5. The summed E-state index contributed by atoms with van der Waals surface area (Å²) in [6.07, 6.45) is 1.76. The van der Waals surface area contributed by atoms with Gasteiger partial charge in [-0.2, -0.15) is 0 Å². The van der Waals surface area contributed by atoms with Gasteiger partial charge in [-0.25, -0.2) is 4.79 Å². The molecule has 2 rings (SSSR count). The van der Waals surface area contributed by atoms with Crippen LogP contribution in [0.3, 0.4) is 0 Å². The van der Waals surface area contributed by atoms with Crippen LogP contribution < -0.4 is 4.74 Å². The number of hydrogen-bond donors (Lipinski definition) is 2. The van der Waals surface area contributed by atoms with Crippen LogP contribution in [0.4, 0.5) is 0 Å². The van der Waals surface area contributed by atoms with E-state index in [1.54, 1.807) is 19.1 Å². The molecule has 0 aliphatic heterocycles.